The fourth-order valence-corrected chi connectivity index (χ4v) is 3.53. The zero-order valence-electron chi connectivity index (χ0n) is 8.03. The van der Waals surface area contributed by atoms with E-state index in [4.69, 9.17) is 4.74 Å². The van der Waals surface area contributed by atoms with E-state index < -0.39 is 0 Å². The Kier molecular flexibility index (Phi) is 1.79. The highest BCUT2D eigenvalue weighted by molar-refractivity contribution is 7.10. The van der Waals surface area contributed by atoms with Crippen molar-refractivity contribution in [3.8, 4) is 0 Å². The van der Waals surface area contributed by atoms with Crippen LogP contribution in [0, 0.1) is 5.41 Å². The third-order valence-electron chi connectivity index (χ3n) is 3.86. The number of hydrogen-bond donors (Lipinski definition) is 1. The van der Waals surface area contributed by atoms with E-state index >= 15 is 0 Å². The molecule has 1 aliphatic carbocycles. The zero-order valence-corrected chi connectivity index (χ0v) is 8.85. The molecule has 2 heterocycles. The van der Waals surface area contributed by atoms with Crippen molar-refractivity contribution in [1.82, 2.24) is 0 Å². The van der Waals surface area contributed by atoms with Gasteiger partial charge in [-0.05, 0) is 24.3 Å². The Bertz CT molecular complexity index is 323. The van der Waals surface area contributed by atoms with Crippen LogP contribution < -0.4 is 0 Å². The molecule has 0 aromatic carbocycles. The first-order valence-corrected chi connectivity index (χ1v) is 5.94. The second-order valence-corrected chi connectivity index (χ2v) is 5.44. The molecule has 1 aromatic rings. The third kappa shape index (κ3) is 0.926. The van der Waals surface area contributed by atoms with Gasteiger partial charge < -0.3 is 9.84 Å². The van der Waals surface area contributed by atoms with Gasteiger partial charge in [0, 0.05) is 16.9 Å². The lowest BCUT2D eigenvalue weighted by atomic mass is 9.70. The molecule has 1 aliphatic heterocycles. The van der Waals surface area contributed by atoms with Crippen molar-refractivity contribution in [1.29, 1.82) is 0 Å². The standard InChI is InChI=1S/C11H14O2S/c12-6-10(3-4-10)11(7-13-8-11)9-2-1-5-14-9/h1-2,5,12H,3-4,6-8H2. The van der Waals surface area contributed by atoms with E-state index in [1.165, 1.54) is 4.88 Å². The number of thiophene rings is 1. The third-order valence-corrected chi connectivity index (χ3v) is 4.94. The first-order chi connectivity index (χ1) is 6.83. The van der Waals surface area contributed by atoms with E-state index in [1.807, 2.05) is 0 Å². The van der Waals surface area contributed by atoms with Crippen LogP contribution in [0.25, 0.3) is 0 Å². The fourth-order valence-electron chi connectivity index (χ4n) is 2.51. The van der Waals surface area contributed by atoms with Gasteiger partial charge in [0.15, 0.2) is 0 Å². The molecular formula is C11H14O2S. The summed E-state index contributed by atoms with van der Waals surface area (Å²) >= 11 is 1.80. The van der Waals surface area contributed by atoms with Gasteiger partial charge in [-0.2, -0.15) is 0 Å². The number of aliphatic hydroxyl groups excluding tert-OH is 1. The summed E-state index contributed by atoms with van der Waals surface area (Å²) in [5.74, 6) is 0. The smallest absolute Gasteiger partial charge is 0.0599 e. The van der Waals surface area contributed by atoms with E-state index in [0.717, 1.165) is 26.1 Å². The molecule has 2 fully saturated rings. The normalized spacial score (nSPS) is 26.9. The average Bonchev–Trinajstić information content (AvgIpc) is 2.72. The fraction of sp³-hybridized carbons (Fsp3) is 0.636. The molecule has 0 spiro atoms. The highest BCUT2D eigenvalue weighted by Crippen LogP contribution is 2.62. The molecule has 1 saturated carbocycles. The maximum absolute atomic E-state index is 9.51. The van der Waals surface area contributed by atoms with Crippen LogP contribution in [0.5, 0.6) is 0 Å². The molecule has 76 valence electrons. The quantitative estimate of drug-likeness (QED) is 0.824. The molecule has 1 saturated heterocycles. The summed E-state index contributed by atoms with van der Waals surface area (Å²) in [6.45, 7) is 1.91. The summed E-state index contributed by atoms with van der Waals surface area (Å²) in [6, 6.07) is 4.27. The zero-order chi connectivity index (χ0) is 9.65. The number of aliphatic hydroxyl groups is 1. The van der Waals surface area contributed by atoms with Crippen LogP contribution in [0.15, 0.2) is 17.5 Å². The summed E-state index contributed by atoms with van der Waals surface area (Å²) in [7, 11) is 0. The Morgan fingerprint density at radius 2 is 2.21 bits per heavy atom. The molecule has 0 unspecified atom stereocenters. The Labute approximate surface area is 87.5 Å². The van der Waals surface area contributed by atoms with Crippen LogP contribution in [0.3, 0.4) is 0 Å². The second kappa shape index (κ2) is 2.81. The molecule has 2 nitrogen and oxygen atoms in total. The van der Waals surface area contributed by atoms with Gasteiger partial charge in [-0.3, -0.25) is 0 Å². The molecule has 1 aromatic heterocycles. The van der Waals surface area contributed by atoms with Crippen LogP contribution in [0.4, 0.5) is 0 Å². The Balaban J connectivity index is 1.99. The molecule has 14 heavy (non-hydrogen) atoms. The maximum Gasteiger partial charge on any atom is 0.0599 e. The van der Waals surface area contributed by atoms with Gasteiger partial charge in [0.25, 0.3) is 0 Å². The minimum absolute atomic E-state index is 0.149. The van der Waals surface area contributed by atoms with E-state index in [9.17, 15) is 5.11 Å². The summed E-state index contributed by atoms with van der Waals surface area (Å²) in [6.07, 6.45) is 2.32. The van der Waals surface area contributed by atoms with Gasteiger partial charge >= 0.3 is 0 Å². The molecule has 0 bridgehead atoms. The second-order valence-electron chi connectivity index (χ2n) is 4.49. The van der Waals surface area contributed by atoms with Crippen LogP contribution in [-0.4, -0.2) is 24.9 Å². The molecule has 3 rings (SSSR count). The molecule has 2 aliphatic rings. The van der Waals surface area contributed by atoms with Gasteiger partial charge in [-0.15, -0.1) is 11.3 Å². The highest BCUT2D eigenvalue weighted by atomic mass is 32.1. The van der Waals surface area contributed by atoms with Gasteiger partial charge in [0.05, 0.1) is 18.6 Å². The monoisotopic (exact) mass is 210 g/mol. The number of ether oxygens (including phenoxy) is 1. The lowest BCUT2D eigenvalue weighted by Crippen LogP contribution is -2.54. The molecule has 0 amide bonds. The molecule has 0 atom stereocenters. The number of rotatable bonds is 3. The maximum atomic E-state index is 9.51. The molecule has 3 heteroatoms. The Hall–Kier alpha value is -0.380. The molecule has 1 N–H and O–H groups in total. The van der Waals surface area contributed by atoms with Gasteiger partial charge in [0.1, 0.15) is 0 Å². The average molecular weight is 210 g/mol. The first-order valence-electron chi connectivity index (χ1n) is 5.06. The van der Waals surface area contributed by atoms with Crippen molar-refractivity contribution in [2.75, 3.05) is 19.8 Å². The van der Waals surface area contributed by atoms with Crippen molar-refractivity contribution in [3.63, 3.8) is 0 Å². The highest BCUT2D eigenvalue weighted by Gasteiger charge is 2.63. The van der Waals surface area contributed by atoms with E-state index in [0.29, 0.717) is 6.61 Å². The summed E-state index contributed by atoms with van der Waals surface area (Å²) in [5, 5.41) is 11.6. The van der Waals surface area contributed by atoms with E-state index in [2.05, 4.69) is 17.5 Å². The van der Waals surface area contributed by atoms with Crippen LogP contribution >= 0.6 is 11.3 Å². The summed E-state index contributed by atoms with van der Waals surface area (Å²) in [5.41, 5.74) is 0.298. The van der Waals surface area contributed by atoms with Crippen molar-refractivity contribution < 1.29 is 9.84 Å². The Morgan fingerprint density at radius 3 is 2.57 bits per heavy atom. The van der Waals surface area contributed by atoms with Crippen molar-refractivity contribution in [2.24, 2.45) is 5.41 Å². The molecule has 0 radical (unpaired) electrons. The predicted octanol–water partition coefficient (Wildman–Crippen LogP) is 1.79. The Morgan fingerprint density at radius 1 is 1.43 bits per heavy atom. The minimum atomic E-state index is 0.149. The summed E-state index contributed by atoms with van der Waals surface area (Å²) < 4.78 is 5.39. The van der Waals surface area contributed by atoms with Crippen molar-refractivity contribution in [3.05, 3.63) is 22.4 Å². The van der Waals surface area contributed by atoms with Crippen molar-refractivity contribution in [2.45, 2.75) is 18.3 Å². The summed E-state index contributed by atoms with van der Waals surface area (Å²) in [4.78, 5) is 1.40. The lowest BCUT2D eigenvalue weighted by molar-refractivity contribution is -0.108. The van der Waals surface area contributed by atoms with Crippen LogP contribution in [-0.2, 0) is 10.2 Å². The topological polar surface area (TPSA) is 29.5 Å². The first kappa shape index (κ1) is 8.89. The van der Waals surface area contributed by atoms with Gasteiger partial charge in [-0.25, -0.2) is 0 Å². The van der Waals surface area contributed by atoms with E-state index in [1.54, 1.807) is 11.3 Å². The van der Waals surface area contributed by atoms with Crippen LogP contribution in [0.1, 0.15) is 17.7 Å². The SMILES string of the molecule is OCC1(C2(c3cccs3)COC2)CC1. The number of hydrogen-bond acceptors (Lipinski definition) is 3. The van der Waals surface area contributed by atoms with Crippen LogP contribution in [0.2, 0.25) is 0 Å². The predicted molar refractivity (Wildman–Crippen MR) is 55.6 cm³/mol. The largest absolute Gasteiger partial charge is 0.396 e. The van der Waals surface area contributed by atoms with Gasteiger partial charge in [0.2, 0.25) is 0 Å². The van der Waals surface area contributed by atoms with E-state index in [-0.39, 0.29) is 10.8 Å². The van der Waals surface area contributed by atoms with Gasteiger partial charge in [-0.1, -0.05) is 6.07 Å². The minimum Gasteiger partial charge on any atom is -0.396 e. The van der Waals surface area contributed by atoms with Crippen molar-refractivity contribution >= 4 is 11.3 Å². The lowest BCUT2D eigenvalue weighted by Gasteiger charge is -2.47. The molecular weight excluding hydrogens is 196 g/mol.